The first-order valence-electron chi connectivity index (χ1n) is 6.63. The molecule has 1 aliphatic carbocycles. The monoisotopic (exact) mass is 245 g/mol. The fourth-order valence-corrected chi connectivity index (χ4v) is 2.82. The van der Waals surface area contributed by atoms with Crippen molar-refractivity contribution in [2.24, 2.45) is 11.7 Å². The van der Waals surface area contributed by atoms with Gasteiger partial charge in [-0.25, -0.2) is 9.50 Å². The van der Waals surface area contributed by atoms with Crippen LogP contribution < -0.4 is 11.1 Å². The number of nitrogens with one attached hydrogen (secondary N) is 1. The van der Waals surface area contributed by atoms with Gasteiger partial charge in [-0.1, -0.05) is 12.8 Å². The minimum Gasteiger partial charge on any atom is -0.365 e. The fourth-order valence-electron chi connectivity index (χ4n) is 2.82. The topological polar surface area (TPSA) is 68.2 Å². The van der Waals surface area contributed by atoms with Crippen LogP contribution in [0.15, 0.2) is 24.7 Å². The van der Waals surface area contributed by atoms with E-state index in [1.54, 1.807) is 12.4 Å². The maximum absolute atomic E-state index is 5.86. The average molecular weight is 245 g/mol. The van der Waals surface area contributed by atoms with Gasteiger partial charge in [-0.15, -0.1) is 0 Å². The SMILES string of the molecule is NCC1CCCCC1Nc1nccn2nccc12. The molecule has 2 heterocycles. The van der Waals surface area contributed by atoms with Crippen LogP contribution in [0.1, 0.15) is 25.7 Å². The molecule has 3 N–H and O–H groups in total. The molecule has 1 saturated carbocycles. The molecule has 0 saturated heterocycles. The van der Waals surface area contributed by atoms with E-state index in [1.165, 1.54) is 25.7 Å². The van der Waals surface area contributed by atoms with E-state index in [-0.39, 0.29) is 0 Å². The summed E-state index contributed by atoms with van der Waals surface area (Å²) in [6.07, 6.45) is 10.4. The van der Waals surface area contributed by atoms with Gasteiger partial charge >= 0.3 is 0 Å². The first-order chi connectivity index (χ1) is 8.88. The van der Waals surface area contributed by atoms with Crippen molar-refractivity contribution >= 4 is 11.3 Å². The Morgan fingerprint density at radius 3 is 3.11 bits per heavy atom. The second-order valence-corrected chi connectivity index (χ2v) is 4.97. The smallest absolute Gasteiger partial charge is 0.152 e. The van der Waals surface area contributed by atoms with E-state index >= 15 is 0 Å². The predicted octanol–water partition coefficient (Wildman–Crippen LogP) is 1.66. The summed E-state index contributed by atoms with van der Waals surface area (Å²) in [6.45, 7) is 0.750. The molecule has 2 aromatic rings. The lowest BCUT2D eigenvalue weighted by atomic mass is 9.84. The van der Waals surface area contributed by atoms with Gasteiger partial charge in [-0.3, -0.25) is 0 Å². The zero-order chi connectivity index (χ0) is 12.4. The molecule has 2 aromatic heterocycles. The molecule has 0 bridgehead atoms. The Kier molecular flexibility index (Phi) is 3.15. The van der Waals surface area contributed by atoms with Gasteiger partial charge in [0, 0.05) is 18.4 Å². The standard InChI is InChI=1S/C13H19N5/c14-9-10-3-1-2-4-11(10)17-13-12-5-6-16-18(12)8-7-15-13/h5-8,10-11H,1-4,9,14H2,(H,15,17). The van der Waals surface area contributed by atoms with Crippen LogP contribution in [0.2, 0.25) is 0 Å². The Hall–Kier alpha value is -1.62. The van der Waals surface area contributed by atoms with E-state index in [2.05, 4.69) is 15.4 Å². The molecule has 1 fully saturated rings. The molecule has 1 aliphatic rings. The van der Waals surface area contributed by atoms with Crippen molar-refractivity contribution in [1.82, 2.24) is 14.6 Å². The molecule has 0 spiro atoms. The van der Waals surface area contributed by atoms with Gasteiger partial charge in [0.1, 0.15) is 5.52 Å². The van der Waals surface area contributed by atoms with Crippen LogP contribution in [0.3, 0.4) is 0 Å². The van der Waals surface area contributed by atoms with E-state index in [0.717, 1.165) is 17.9 Å². The van der Waals surface area contributed by atoms with Crippen molar-refractivity contribution in [3.63, 3.8) is 0 Å². The summed E-state index contributed by atoms with van der Waals surface area (Å²) in [4.78, 5) is 4.43. The van der Waals surface area contributed by atoms with Gasteiger partial charge in [0.2, 0.25) is 0 Å². The minimum atomic E-state index is 0.442. The number of aromatic nitrogens is 3. The quantitative estimate of drug-likeness (QED) is 0.863. The molecule has 0 amide bonds. The van der Waals surface area contributed by atoms with Gasteiger partial charge in [-0.05, 0) is 31.4 Å². The number of hydrogen-bond acceptors (Lipinski definition) is 4. The molecule has 5 heteroatoms. The molecule has 3 rings (SSSR count). The lowest BCUT2D eigenvalue weighted by Gasteiger charge is -2.31. The Morgan fingerprint density at radius 1 is 1.33 bits per heavy atom. The molecular formula is C13H19N5. The van der Waals surface area contributed by atoms with Crippen LogP contribution in [0.4, 0.5) is 5.82 Å². The maximum atomic E-state index is 5.86. The van der Waals surface area contributed by atoms with Crippen LogP contribution in [0.5, 0.6) is 0 Å². The Labute approximate surface area is 106 Å². The Bertz CT molecular complexity index is 521. The third-order valence-electron chi connectivity index (χ3n) is 3.86. The number of nitrogens with zero attached hydrogens (tertiary/aromatic N) is 3. The normalized spacial score (nSPS) is 24.3. The largest absolute Gasteiger partial charge is 0.365 e. The fraction of sp³-hybridized carbons (Fsp3) is 0.538. The van der Waals surface area contributed by atoms with Crippen molar-refractivity contribution in [2.45, 2.75) is 31.7 Å². The molecule has 2 atom stereocenters. The van der Waals surface area contributed by atoms with Gasteiger partial charge in [0.05, 0.1) is 6.20 Å². The summed E-state index contributed by atoms with van der Waals surface area (Å²) < 4.78 is 1.84. The van der Waals surface area contributed by atoms with Crippen molar-refractivity contribution in [3.8, 4) is 0 Å². The Morgan fingerprint density at radius 2 is 2.22 bits per heavy atom. The average Bonchev–Trinajstić information content (AvgIpc) is 2.89. The summed E-state index contributed by atoms with van der Waals surface area (Å²) in [5.41, 5.74) is 6.89. The number of fused-ring (bicyclic) bond motifs is 1. The lowest BCUT2D eigenvalue weighted by molar-refractivity contribution is 0.332. The summed E-state index contributed by atoms with van der Waals surface area (Å²) in [5, 5.41) is 7.78. The predicted molar refractivity (Wildman–Crippen MR) is 71.4 cm³/mol. The van der Waals surface area contributed by atoms with E-state index in [9.17, 15) is 0 Å². The Balaban J connectivity index is 1.84. The highest BCUT2D eigenvalue weighted by molar-refractivity contribution is 5.67. The number of nitrogens with two attached hydrogens (primary N) is 1. The van der Waals surface area contributed by atoms with E-state index in [4.69, 9.17) is 5.73 Å². The highest BCUT2D eigenvalue weighted by Crippen LogP contribution is 2.27. The number of anilines is 1. The number of hydrogen-bond donors (Lipinski definition) is 2. The lowest BCUT2D eigenvalue weighted by Crippen LogP contribution is -2.37. The zero-order valence-electron chi connectivity index (χ0n) is 10.4. The molecule has 0 radical (unpaired) electrons. The maximum Gasteiger partial charge on any atom is 0.152 e. The highest BCUT2D eigenvalue weighted by Gasteiger charge is 2.24. The van der Waals surface area contributed by atoms with E-state index in [1.807, 2.05) is 16.8 Å². The van der Waals surface area contributed by atoms with Crippen molar-refractivity contribution in [2.75, 3.05) is 11.9 Å². The molecule has 0 aromatic carbocycles. The van der Waals surface area contributed by atoms with Crippen molar-refractivity contribution in [1.29, 1.82) is 0 Å². The van der Waals surface area contributed by atoms with Crippen LogP contribution >= 0.6 is 0 Å². The summed E-state index contributed by atoms with van der Waals surface area (Å²) in [5.74, 6) is 1.48. The van der Waals surface area contributed by atoms with Gasteiger partial charge in [0.25, 0.3) is 0 Å². The number of rotatable bonds is 3. The molecule has 96 valence electrons. The summed E-state index contributed by atoms with van der Waals surface area (Å²) in [7, 11) is 0. The van der Waals surface area contributed by atoms with Crippen molar-refractivity contribution < 1.29 is 0 Å². The third-order valence-corrected chi connectivity index (χ3v) is 3.86. The molecule has 2 unspecified atom stereocenters. The van der Waals surface area contributed by atoms with Gasteiger partial charge < -0.3 is 11.1 Å². The first-order valence-corrected chi connectivity index (χ1v) is 6.63. The van der Waals surface area contributed by atoms with Crippen molar-refractivity contribution in [3.05, 3.63) is 24.7 Å². The van der Waals surface area contributed by atoms with Crippen LogP contribution in [0, 0.1) is 5.92 Å². The summed E-state index contributed by atoms with van der Waals surface area (Å²) in [6, 6.07) is 2.42. The van der Waals surface area contributed by atoms with Crippen LogP contribution in [-0.4, -0.2) is 27.2 Å². The van der Waals surface area contributed by atoms with E-state index < -0.39 is 0 Å². The van der Waals surface area contributed by atoms with Gasteiger partial charge in [-0.2, -0.15) is 5.10 Å². The second kappa shape index (κ2) is 4.94. The minimum absolute atomic E-state index is 0.442. The molecule has 18 heavy (non-hydrogen) atoms. The molecule has 5 nitrogen and oxygen atoms in total. The second-order valence-electron chi connectivity index (χ2n) is 4.97. The summed E-state index contributed by atoms with van der Waals surface area (Å²) >= 11 is 0. The molecular weight excluding hydrogens is 226 g/mol. The van der Waals surface area contributed by atoms with Crippen LogP contribution in [0.25, 0.3) is 5.52 Å². The van der Waals surface area contributed by atoms with Crippen LogP contribution in [-0.2, 0) is 0 Å². The highest BCUT2D eigenvalue weighted by atomic mass is 15.2. The zero-order valence-corrected chi connectivity index (χ0v) is 10.4. The van der Waals surface area contributed by atoms with E-state index in [0.29, 0.717) is 12.0 Å². The molecule has 0 aliphatic heterocycles. The third kappa shape index (κ3) is 2.06. The van der Waals surface area contributed by atoms with Gasteiger partial charge in [0.15, 0.2) is 5.82 Å². The first kappa shape index (κ1) is 11.5.